The third-order valence-electron chi connectivity index (χ3n) is 4.52. The van der Waals surface area contributed by atoms with Crippen LogP contribution >= 0.6 is 0 Å². The minimum atomic E-state index is -0.436. The first-order valence-corrected chi connectivity index (χ1v) is 9.70. The second kappa shape index (κ2) is 9.19. The number of pyridine rings is 1. The number of esters is 2. The van der Waals surface area contributed by atoms with Gasteiger partial charge in [-0.15, -0.1) is 0 Å². The summed E-state index contributed by atoms with van der Waals surface area (Å²) in [5.74, 6) is -0.803. The van der Waals surface area contributed by atoms with Crippen LogP contribution in [0.4, 0.5) is 11.4 Å². The van der Waals surface area contributed by atoms with Crippen LogP contribution < -0.4 is 5.32 Å². The van der Waals surface area contributed by atoms with E-state index in [0.717, 1.165) is 28.6 Å². The summed E-state index contributed by atoms with van der Waals surface area (Å²) >= 11 is 0. The number of carbonyl (C=O) groups excluding carboxylic acids is 2. The van der Waals surface area contributed by atoms with Gasteiger partial charge in [-0.05, 0) is 50.1 Å². The lowest BCUT2D eigenvalue weighted by atomic mass is 10.0. The van der Waals surface area contributed by atoms with Gasteiger partial charge in [0.15, 0.2) is 0 Å². The fraction of sp³-hybridized carbons (Fsp3) is 0.261. The molecule has 0 fully saturated rings. The van der Waals surface area contributed by atoms with E-state index in [9.17, 15) is 9.59 Å². The first-order valence-electron chi connectivity index (χ1n) is 9.70. The van der Waals surface area contributed by atoms with Crippen molar-refractivity contribution in [3.05, 3.63) is 65.4 Å². The number of carbonyl (C=O) groups is 2. The van der Waals surface area contributed by atoms with Crippen molar-refractivity contribution in [2.75, 3.05) is 18.5 Å². The van der Waals surface area contributed by atoms with E-state index in [0.29, 0.717) is 23.4 Å². The molecular weight excluding hydrogens is 368 g/mol. The number of benzene rings is 2. The molecule has 1 aromatic heterocycles. The molecule has 0 aliphatic carbocycles. The van der Waals surface area contributed by atoms with E-state index < -0.39 is 5.97 Å². The Morgan fingerprint density at radius 3 is 2.28 bits per heavy atom. The van der Waals surface area contributed by atoms with E-state index in [4.69, 9.17) is 9.47 Å². The van der Waals surface area contributed by atoms with Crippen LogP contribution in [0.25, 0.3) is 10.9 Å². The zero-order chi connectivity index (χ0) is 20.8. The van der Waals surface area contributed by atoms with Gasteiger partial charge in [-0.1, -0.05) is 25.1 Å². The largest absolute Gasteiger partial charge is 0.462 e. The average molecular weight is 392 g/mol. The first kappa shape index (κ1) is 20.3. The summed E-state index contributed by atoms with van der Waals surface area (Å²) < 4.78 is 10.2. The second-order valence-electron chi connectivity index (χ2n) is 6.36. The molecule has 3 aromatic rings. The van der Waals surface area contributed by atoms with Gasteiger partial charge in [-0.25, -0.2) is 9.59 Å². The Morgan fingerprint density at radius 1 is 0.931 bits per heavy atom. The van der Waals surface area contributed by atoms with Crippen LogP contribution in [0.15, 0.2) is 48.7 Å². The highest BCUT2D eigenvalue weighted by Crippen LogP contribution is 2.31. The molecule has 0 saturated carbocycles. The summed E-state index contributed by atoms with van der Waals surface area (Å²) in [5, 5.41) is 4.15. The number of aryl methyl sites for hydroxylation is 1. The number of nitrogens with zero attached hydrogens (tertiary/aromatic N) is 1. The monoisotopic (exact) mass is 392 g/mol. The van der Waals surface area contributed by atoms with Gasteiger partial charge in [0.1, 0.15) is 5.56 Å². The quantitative estimate of drug-likeness (QED) is 0.577. The molecule has 0 spiro atoms. The molecule has 1 N–H and O–H groups in total. The van der Waals surface area contributed by atoms with Crippen molar-refractivity contribution in [3.8, 4) is 0 Å². The predicted octanol–water partition coefficient (Wildman–Crippen LogP) is 4.89. The Balaban J connectivity index is 2.05. The molecule has 0 amide bonds. The summed E-state index contributed by atoms with van der Waals surface area (Å²) in [6.07, 6.45) is 2.38. The van der Waals surface area contributed by atoms with Crippen LogP contribution in [0.5, 0.6) is 0 Å². The number of rotatable bonds is 7. The van der Waals surface area contributed by atoms with Crippen LogP contribution in [0.1, 0.15) is 47.1 Å². The molecule has 0 atom stereocenters. The maximum Gasteiger partial charge on any atom is 0.341 e. The van der Waals surface area contributed by atoms with Crippen molar-refractivity contribution >= 4 is 34.2 Å². The summed E-state index contributed by atoms with van der Waals surface area (Å²) in [6, 6.07) is 12.8. The normalized spacial score (nSPS) is 10.6. The number of para-hydroxylation sites is 1. The van der Waals surface area contributed by atoms with Crippen LogP contribution in [0.2, 0.25) is 0 Å². The van der Waals surface area contributed by atoms with Crippen molar-refractivity contribution in [2.24, 2.45) is 0 Å². The lowest BCUT2D eigenvalue weighted by Crippen LogP contribution is -2.10. The van der Waals surface area contributed by atoms with Crippen LogP contribution in [0.3, 0.4) is 0 Å². The first-order chi connectivity index (χ1) is 14.1. The van der Waals surface area contributed by atoms with Crippen molar-refractivity contribution in [3.63, 3.8) is 0 Å². The topological polar surface area (TPSA) is 77.5 Å². The van der Waals surface area contributed by atoms with Gasteiger partial charge in [0.2, 0.25) is 0 Å². The highest BCUT2D eigenvalue weighted by molar-refractivity contribution is 6.06. The Labute approximate surface area is 169 Å². The molecule has 0 unspecified atom stereocenters. The molecule has 3 rings (SSSR count). The van der Waals surface area contributed by atoms with Gasteiger partial charge < -0.3 is 14.8 Å². The lowest BCUT2D eigenvalue weighted by Gasteiger charge is -2.15. The molecule has 0 radical (unpaired) electrons. The van der Waals surface area contributed by atoms with E-state index in [1.807, 2.05) is 18.2 Å². The van der Waals surface area contributed by atoms with Crippen LogP contribution in [-0.2, 0) is 15.9 Å². The minimum Gasteiger partial charge on any atom is -0.462 e. The van der Waals surface area contributed by atoms with Crippen molar-refractivity contribution < 1.29 is 19.1 Å². The van der Waals surface area contributed by atoms with E-state index in [-0.39, 0.29) is 12.6 Å². The minimum absolute atomic E-state index is 0.277. The zero-order valence-corrected chi connectivity index (χ0v) is 16.8. The zero-order valence-electron chi connectivity index (χ0n) is 16.8. The molecule has 0 bridgehead atoms. The van der Waals surface area contributed by atoms with Gasteiger partial charge in [0.25, 0.3) is 0 Å². The molecule has 2 aromatic carbocycles. The van der Waals surface area contributed by atoms with Crippen molar-refractivity contribution in [1.82, 2.24) is 4.98 Å². The molecule has 6 heteroatoms. The smallest absolute Gasteiger partial charge is 0.341 e. The number of fused-ring (bicyclic) bond motifs is 1. The third kappa shape index (κ3) is 4.37. The number of aromatic nitrogens is 1. The summed E-state index contributed by atoms with van der Waals surface area (Å²) in [4.78, 5) is 28.9. The number of nitrogens with one attached hydrogen (secondary N) is 1. The highest BCUT2D eigenvalue weighted by Gasteiger charge is 2.18. The summed E-state index contributed by atoms with van der Waals surface area (Å²) in [6.45, 7) is 6.20. The van der Waals surface area contributed by atoms with Crippen LogP contribution in [-0.4, -0.2) is 30.1 Å². The standard InChI is InChI=1S/C23H24N2O4/c1-4-15-8-7-9-18-20(15)24-14-19(23(27)29-6-3)21(18)25-17-12-10-16(11-13-17)22(26)28-5-2/h7-14H,4-6H2,1-3H3,(H,24,25). The predicted molar refractivity (Wildman–Crippen MR) is 113 cm³/mol. The third-order valence-corrected chi connectivity index (χ3v) is 4.52. The van der Waals surface area contributed by atoms with Gasteiger partial charge in [-0.3, -0.25) is 4.98 Å². The molecule has 150 valence electrons. The molecular formula is C23H24N2O4. The van der Waals surface area contributed by atoms with E-state index >= 15 is 0 Å². The van der Waals surface area contributed by atoms with Crippen LogP contribution in [0, 0.1) is 0 Å². The highest BCUT2D eigenvalue weighted by atomic mass is 16.5. The van der Waals surface area contributed by atoms with E-state index in [1.165, 1.54) is 0 Å². The fourth-order valence-corrected chi connectivity index (χ4v) is 3.12. The van der Waals surface area contributed by atoms with Gasteiger partial charge >= 0.3 is 11.9 Å². The van der Waals surface area contributed by atoms with Crippen molar-refractivity contribution in [2.45, 2.75) is 27.2 Å². The lowest BCUT2D eigenvalue weighted by molar-refractivity contribution is 0.0517. The van der Waals surface area contributed by atoms with E-state index in [2.05, 4.69) is 17.2 Å². The Hall–Kier alpha value is -3.41. The SMILES string of the molecule is CCOC(=O)c1ccc(Nc2c(C(=O)OCC)cnc3c(CC)cccc23)cc1. The number of hydrogen-bond acceptors (Lipinski definition) is 6. The summed E-state index contributed by atoms with van der Waals surface area (Å²) in [7, 11) is 0. The fourth-order valence-electron chi connectivity index (χ4n) is 3.12. The van der Waals surface area contributed by atoms with Gasteiger partial charge in [-0.2, -0.15) is 0 Å². The molecule has 0 saturated heterocycles. The number of ether oxygens (including phenoxy) is 2. The second-order valence-corrected chi connectivity index (χ2v) is 6.36. The average Bonchev–Trinajstić information content (AvgIpc) is 2.74. The van der Waals surface area contributed by atoms with Crippen molar-refractivity contribution in [1.29, 1.82) is 0 Å². The van der Waals surface area contributed by atoms with Gasteiger partial charge in [0, 0.05) is 17.3 Å². The maximum atomic E-state index is 12.5. The molecule has 0 aliphatic rings. The van der Waals surface area contributed by atoms with E-state index in [1.54, 1.807) is 44.3 Å². The molecule has 29 heavy (non-hydrogen) atoms. The Bertz CT molecular complexity index is 1030. The number of hydrogen-bond donors (Lipinski definition) is 1. The number of anilines is 2. The Morgan fingerprint density at radius 2 is 1.62 bits per heavy atom. The van der Waals surface area contributed by atoms with Gasteiger partial charge in [0.05, 0.1) is 30.0 Å². The summed E-state index contributed by atoms with van der Waals surface area (Å²) in [5.41, 5.74) is 4.14. The molecule has 0 aliphatic heterocycles. The molecule has 6 nitrogen and oxygen atoms in total. The molecule has 1 heterocycles. The Kier molecular flexibility index (Phi) is 6.44. The maximum absolute atomic E-state index is 12.5.